The summed E-state index contributed by atoms with van der Waals surface area (Å²) in [5, 5.41) is 0. The molecular formula is C18H22N2O. The van der Waals surface area contributed by atoms with Crippen LogP contribution in [0.25, 0.3) is 0 Å². The zero-order chi connectivity index (χ0) is 14.8. The number of rotatable bonds is 4. The van der Waals surface area contributed by atoms with Crippen LogP contribution in [0.3, 0.4) is 0 Å². The van der Waals surface area contributed by atoms with Gasteiger partial charge in [-0.05, 0) is 42.5 Å². The molecule has 1 aliphatic rings. The Labute approximate surface area is 125 Å². The number of benzene rings is 1. The highest BCUT2D eigenvalue weighted by molar-refractivity contribution is 5.30. The Morgan fingerprint density at radius 2 is 1.81 bits per heavy atom. The molecule has 21 heavy (non-hydrogen) atoms. The highest BCUT2D eigenvalue weighted by Crippen LogP contribution is 2.22. The minimum atomic E-state index is 0.0708. The van der Waals surface area contributed by atoms with Crippen molar-refractivity contribution < 1.29 is 0 Å². The maximum Gasteiger partial charge on any atom is 0.251 e. The van der Waals surface area contributed by atoms with Gasteiger partial charge in [-0.15, -0.1) is 0 Å². The number of hydrogen-bond acceptors (Lipinski definition) is 2. The third-order valence-corrected chi connectivity index (χ3v) is 4.41. The van der Waals surface area contributed by atoms with Crippen LogP contribution in [0.2, 0.25) is 0 Å². The van der Waals surface area contributed by atoms with E-state index in [4.69, 9.17) is 0 Å². The van der Waals surface area contributed by atoms with Gasteiger partial charge in [0.25, 0.3) is 5.56 Å². The lowest BCUT2D eigenvalue weighted by Gasteiger charge is -2.15. The van der Waals surface area contributed by atoms with Crippen LogP contribution in [0, 0.1) is 6.92 Å². The summed E-state index contributed by atoms with van der Waals surface area (Å²) in [6.07, 6.45) is 1.78. The normalized spacial score (nSPS) is 14.4. The van der Waals surface area contributed by atoms with Crippen molar-refractivity contribution in [2.45, 2.75) is 39.8 Å². The van der Waals surface area contributed by atoms with E-state index in [1.165, 1.54) is 16.7 Å². The van der Waals surface area contributed by atoms with Gasteiger partial charge in [-0.25, -0.2) is 0 Å². The van der Waals surface area contributed by atoms with Crippen molar-refractivity contribution in [3.05, 3.63) is 68.6 Å². The summed E-state index contributed by atoms with van der Waals surface area (Å²) in [6, 6.07) is 10.7. The summed E-state index contributed by atoms with van der Waals surface area (Å²) in [4.78, 5) is 17.4. The van der Waals surface area contributed by atoms with Crippen LogP contribution < -0.4 is 5.56 Å². The second-order valence-corrected chi connectivity index (χ2v) is 5.86. The molecule has 0 bridgehead atoms. The smallest absolute Gasteiger partial charge is 0.251 e. The van der Waals surface area contributed by atoms with Gasteiger partial charge in [0.1, 0.15) is 0 Å². The molecule has 2 heterocycles. The van der Waals surface area contributed by atoms with E-state index >= 15 is 0 Å². The number of H-pyrrole nitrogens is 1. The number of hydrogen-bond donors (Lipinski definition) is 1. The van der Waals surface area contributed by atoms with E-state index in [0.29, 0.717) is 0 Å². The van der Waals surface area contributed by atoms with Crippen molar-refractivity contribution in [3.63, 3.8) is 0 Å². The Balaban J connectivity index is 1.68. The van der Waals surface area contributed by atoms with Crippen molar-refractivity contribution in [3.8, 4) is 0 Å². The molecule has 3 nitrogen and oxygen atoms in total. The van der Waals surface area contributed by atoms with Crippen molar-refractivity contribution in [2.24, 2.45) is 0 Å². The number of nitrogens with one attached hydrogen (secondary N) is 1. The van der Waals surface area contributed by atoms with E-state index < -0.39 is 0 Å². The Bertz CT molecular complexity index is 678. The minimum Gasteiger partial charge on any atom is -0.326 e. The molecule has 0 fully saturated rings. The van der Waals surface area contributed by atoms with Gasteiger partial charge in [0.15, 0.2) is 0 Å². The van der Waals surface area contributed by atoms with Crippen molar-refractivity contribution in [2.75, 3.05) is 6.54 Å². The average molecular weight is 282 g/mol. The van der Waals surface area contributed by atoms with Gasteiger partial charge < -0.3 is 4.98 Å². The standard InChI is InChI=1S/C18H22N2O/c1-3-14-10-15(18(21)19-13(14)2)8-9-20-11-16-6-4-5-7-17(16)12-20/h4-7,10H,3,8-9,11-12H2,1-2H3,(H,19,21). The minimum absolute atomic E-state index is 0.0708. The van der Waals surface area contributed by atoms with Crippen LogP contribution >= 0.6 is 0 Å². The summed E-state index contributed by atoms with van der Waals surface area (Å²) in [7, 11) is 0. The summed E-state index contributed by atoms with van der Waals surface area (Å²) in [6.45, 7) is 7.04. The second-order valence-electron chi connectivity index (χ2n) is 5.86. The predicted molar refractivity (Wildman–Crippen MR) is 85.4 cm³/mol. The SMILES string of the molecule is CCc1cc(CCN2Cc3ccccc3C2)c(=O)[nH]c1C. The molecule has 0 saturated heterocycles. The lowest BCUT2D eigenvalue weighted by molar-refractivity contribution is 0.287. The largest absolute Gasteiger partial charge is 0.326 e. The van der Waals surface area contributed by atoms with E-state index in [1.807, 2.05) is 6.92 Å². The van der Waals surface area contributed by atoms with Crippen molar-refractivity contribution in [1.82, 2.24) is 9.88 Å². The summed E-state index contributed by atoms with van der Waals surface area (Å²) >= 11 is 0. The van der Waals surface area contributed by atoms with Crippen molar-refractivity contribution in [1.29, 1.82) is 0 Å². The topological polar surface area (TPSA) is 36.1 Å². The van der Waals surface area contributed by atoms with Gasteiger partial charge in [-0.1, -0.05) is 31.2 Å². The first-order valence-corrected chi connectivity index (χ1v) is 7.68. The molecule has 3 rings (SSSR count). The molecule has 0 saturated carbocycles. The van der Waals surface area contributed by atoms with E-state index in [2.05, 4.69) is 47.1 Å². The number of aryl methyl sites for hydroxylation is 2. The monoisotopic (exact) mass is 282 g/mol. The molecule has 1 aromatic heterocycles. The maximum absolute atomic E-state index is 12.1. The Morgan fingerprint density at radius 1 is 1.14 bits per heavy atom. The van der Waals surface area contributed by atoms with Gasteiger partial charge in [-0.3, -0.25) is 9.69 Å². The highest BCUT2D eigenvalue weighted by Gasteiger charge is 2.18. The van der Waals surface area contributed by atoms with Crippen LogP contribution in [-0.4, -0.2) is 16.4 Å². The fourth-order valence-corrected chi connectivity index (χ4v) is 3.11. The van der Waals surface area contributed by atoms with Crippen LogP contribution in [-0.2, 0) is 25.9 Å². The van der Waals surface area contributed by atoms with Crippen molar-refractivity contribution >= 4 is 0 Å². The summed E-state index contributed by atoms with van der Waals surface area (Å²) < 4.78 is 0. The van der Waals surface area contributed by atoms with Crippen LogP contribution in [0.1, 0.15) is 34.9 Å². The molecule has 0 radical (unpaired) electrons. The first-order valence-electron chi connectivity index (χ1n) is 7.68. The summed E-state index contributed by atoms with van der Waals surface area (Å²) in [5.41, 5.74) is 6.07. The molecular weight excluding hydrogens is 260 g/mol. The van der Waals surface area contributed by atoms with Crippen LogP contribution in [0.5, 0.6) is 0 Å². The third-order valence-electron chi connectivity index (χ3n) is 4.41. The molecule has 1 aromatic carbocycles. The quantitative estimate of drug-likeness (QED) is 0.936. The van der Waals surface area contributed by atoms with Gasteiger partial charge in [0, 0.05) is 30.9 Å². The number of fused-ring (bicyclic) bond motifs is 1. The second kappa shape index (κ2) is 5.86. The summed E-state index contributed by atoms with van der Waals surface area (Å²) in [5.74, 6) is 0. The van der Waals surface area contributed by atoms with Crippen LogP contribution in [0.15, 0.2) is 35.1 Å². The van der Waals surface area contributed by atoms with E-state index in [1.54, 1.807) is 0 Å². The molecule has 0 unspecified atom stereocenters. The number of pyridine rings is 1. The van der Waals surface area contributed by atoms with E-state index in [9.17, 15) is 4.79 Å². The predicted octanol–water partition coefficient (Wildman–Crippen LogP) is 2.80. The first kappa shape index (κ1) is 14.1. The molecule has 1 aliphatic heterocycles. The van der Waals surface area contributed by atoms with Crippen LogP contribution in [0.4, 0.5) is 0 Å². The molecule has 0 spiro atoms. The van der Waals surface area contributed by atoms with Gasteiger partial charge in [-0.2, -0.15) is 0 Å². The number of aromatic amines is 1. The molecule has 110 valence electrons. The van der Waals surface area contributed by atoms with E-state index in [-0.39, 0.29) is 5.56 Å². The molecule has 0 atom stereocenters. The molecule has 0 aliphatic carbocycles. The van der Waals surface area contributed by atoms with E-state index in [0.717, 1.165) is 43.7 Å². The zero-order valence-electron chi connectivity index (χ0n) is 12.8. The molecule has 2 aromatic rings. The third kappa shape index (κ3) is 2.93. The van der Waals surface area contributed by atoms with Gasteiger partial charge >= 0.3 is 0 Å². The Morgan fingerprint density at radius 3 is 2.43 bits per heavy atom. The maximum atomic E-state index is 12.1. The fourth-order valence-electron chi connectivity index (χ4n) is 3.11. The lowest BCUT2D eigenvalue weighted by atomic mass is 10.1. The van der Waals surface area contributed by atoms with Gasteiger partial charge in [0.2, 0.25) is 0 Å². The number of nitrogens with zero attached hydrogens (tertiary/aromatic N) is 1. The average Bonchev–Trinajstić information content (AvgIpc) is 2.89. The molecule has 3 heteroatoms. The Kier molecular flexibility index (Phi) is 3.93. The molecule has 1 N–H and O–H groups in total. The molecule has 0 amide bonds. The first-order chi connectivity index (χ1) is 10.2. The fraction of sp³-hybridized carbons (Fsp3) is 0.389. The lowest BCUT2D eigenvalue weighted by Crippen LogP contribution is -2.23. The Hall–Kier alpha value is -1.87. The highest BCUT2D eigenvalue weighted by atomic mass is 16.1. The number of aromatic nitrogens is 1. The zero-order valence-corrected chi connectivity index (χ0v) is 12.8. The van der Waals surface area contributed by atoms with Gasteiger partial charge in [0.05, 0.1) is 0 Å².